The van der Waals surface area contributed by atoms with Gasteiger partial charge in [-0.3, -0.25) is 0 Å². The summed E-state index contributed by atoms with van der Waals surface area (Å²) in [5.74, 6) is 0.318. The maximum atomic E-state index is 10.5. The van der Waals surface area contributed by atoms with E-state index < -0.39 is 5.60 Å². The average molecular weight is 249 g/mol. The van der Waals surface area contributed by atoms with Gasteiger partial charge in [0.05, 0.1) is 18.8 Å². The van der Waals surface area contributed by atoms with E-state index in [4.69, 9.17) is 4.74 Å². The Morgan fingerprint density at radius 2 is 2.11 bits per heavy atom. The summed E-state index contributed by atoms with van der Waals surface area (Å²) < 4.78 is 5.66. The summed E-state index contributed by atoms with van der Waals surface area (Å²) in [6.45, 7) is 4.89. The van der Waals surface area contributed by atoms with Crippen LogP contribution in [0, 0.1) is 5.92 Å². The van der Waals surface area contributed by atoms with Crippen LogP contribution in [0.1, 0.15) is 18.9 Å². The van der Waals surface area contributed by atoms with Crippen molar-refractivity contribution in [3.8, 4) is 0 Å². The van der Waals surface area contributed by atoms with Gasteiger partial charge in [-0.2, -0.15) is 0 Å². The molecule has 2 atom stereocenters. The molecule has 0 aromatic heterocycles. The number of likely N-dealkylation sites (tertiary alicyclic amines) is 1. The molecule has 0 amide bonds. The molecule has 0 aliphatic carbocycles. The van der Waals surface area contributed by atoms with E-state index >= 15 is 0 Å². The maximum Gasteiger partial charge on any atom is 0.0892 e. The van der Waals surface area contributed by atoms with Gasteiger partial charge in [-0.1, -0.05) is 30.3 Å². The summed E-state index contributed by atoms with van der Waals surface area (Å²) in [5, 5.41) is 10.5. The van der Waals surface area contributed by atoms with Gasteiger partial charge >= 0.3 is 0 Å². The molecule has 1 N–H and O–H groups in total. The summed E-state index contributed by atoms with van der Waals surface area (Å²) in [7, 11) is 2.10. The second kappa shape index (κ2) is 5.83. The third kappa shape index (κ3) is 3.55. The van der Waals surface area contributed by atoms with Gasteiger partial charge in [0.1, 0.15) is 0 Å². The standard InChI is InChI=1S/C15H23NO2/c1-15(17,14-8-9-16(2)10-14)12-18-11-13-6-4-3-5-7-13/h3-7,14,17H,8-12H2,1-2H3. The zero-order valence-corrected chi connectivity index (χ0v) is 11.3. The van der Waals surface area contributed by atoms with Crippen LogP contribution in [0.2, 0.25) is 0 Å². The molecule has 1 fully saturated rings. The van der Waals surface area contributed by atoms with Gasteiger partial charge in [0.2, 0.25) is 0 Å². The van der Waals surface area contributed by atoms with Crippen LogP contribution in [0.25, 0.3) is 0 Å². The van der Waals surface area contributed by atoms with Crippen LogP contribution in [0.3, 0.4) is 0 Å². The third-order valence-electron chi connectivity index (χ3n) is 3.78. The predicted molar refractivity (Wildman–Crippen MR) is 72.3 cm³/mol. The molecule has 2 rings (SSSR count). The number of hydrogen-bond acceptors (Lipinski definition) is 3. The van der Waals surface area contributed by atoms with Gasteiger partial charge < -0.3 is 14.7 Å². The van der Waals surface area contributed by atoms with E-state index in [9.17, 15) is 5.11 Å². The maximum absolute atomic E-state index is 10.5. The minimum atomic E-state index is -0.723. The largest absolute Gasteiger partial charge is 0.387 e. The molecule has 18 heavy (non-hydrogen) atoms. The Morgan fingerprint density at radius 1 is 1.39 bits per heavy atom. The van der Waals surface area contributed by atoms with Crippen LogP contribution in [-0.4, -0.2) is 42.4 Å². The summed E-state index contributed by atoms with van der Waals surface area (Å²) >= 11 is 0. The summed E-state index contributed by atoms with van der Waals surface area (Å²) in [4.78, 5) is 2.26. The number of rotatable bonds is 5. The Morgan fingerprint density at radius 3 is 2.72 bits per heavy atom. The van der Waals surface area contributed by atoms with E-state index in [0.29, 0.717) is 19.1 Å². The Bertz CT molecular complexity index is 364. The lowest BCUT2D eigenvalue weighted by Crippen LogP contribution is -2.40. The molecule has 3 heteroatoms. The lowest BCUT2D eigenvalue weighted by Gasteiger charge is -2.29. The second-order valence-electron chi connectivity index (χ2n) is 5.58. The van der Waals surface area contributed by atoms with E-state index in [-0.39, 0.29) is 0 Å². The smallest absolute Gasteiger partial charge is 0.0892 e. The average Bonchev–Trinajstić information content (AvgIpc) is 2.78. The van der Waals surface area contributed by atoms with Gasteiger partial charge in [-0.25, -0.2) is 0 Å². The van der Waals surface area contributed by atoms with Crippen LogP contribution in [-0.2, 0) is 11.3 Å². The molecule has 1 aromatic carbocycles. The Kier molecular flexibility index (Phi) is 4.38. The highest BCUT2D eigenvalue weighted by atomic mass is 16.5. The number of aliphatic hydroxyl groups is 1. The van der Waals surface area contributed by atoms with E-state index in [2.05, 4.69) is 11.9 Å². The molecule has 0 saturated carbocycles. The molecule has 1 aromatic rings. The van der Waals surface area contributed by atoms with Gasteiger partial charge in [-0.05, 0) is 32.5 Å². The minimum absolute atomic E-state index is 0.318. The molecule has 1 aliphatic heterocycles. The fourth-order valence-electron chi connectivity index (χ4n) is 2.51. The molecule has 100 valence electrons. The van der Waals surface area contributed by atoms with Crippen molar-refractivity contribution in [2.75, 3.05) is 26.7 Å². The molecular weight excluding hydrogens is 226 g/mol. The monoisotopic (exact) mass is 249 g/mol. The molecule has 0 radical (unpaired) electrons. The van der Waals surface area contributed by atoms with Gasteiger partial charge in [0.15, 0.2) is 0 Å². The number of ether oxygens (including phenoxy) is 1. The minimum Gasteiger partial charge on any atom is -0.387 e. The third-order valence-corrected chi connectivity index (χ3v) is 3.78. The molecule has 2 unspecified atom stereocenters. The molecular formula is C15H23NO2. The number of nitrogens with zero attached hydrogens (tertiary/aromatic N) is 1. The van der Waals surface area contributed by atoms with Crippen molar-refractivity contribution < 1.29 is 9.84 Å². The Balaban J connectivity index is 1.78. The van der Waals surface area contributed by atoms with E-state index in [1.807, 2.05) is 37.3 Å². The van der Waals surface area contributed by atoms with Crippen LogP contribution in [0.15, 0.2) is 30.3 Å². The summed E-state index contributed by atoms with van der Waals surface area (Å²) in [6, 6.07) is 10.1. The van der Waals surface area contributed by atoms with Crippen LogP contribution < -0.4 is 0 Å². The van der Waals surface area contributed by atoms with Gasteiger partial charge in [0.25, 0.3) is 0 Å². The first-order valence-corrected chi connectivity index (χ1v) is 6.60. The predicted octanol–water partition coefficient (Wildman–Crippen LogP) is 1.91. The van der Waals surface area contributed by atoms with Gasteiger partial charge in [-0.15, -0.1) is 0 Å². The molecule has 1 aliphatic rings. The quantitative estimate of drug-likeness (QED) is 0.865. The molecule has 0 bridgehead atoms. The normalized spacial score (nSPS) is 24.1. The van der Waals surface area contributed by atoms with Gasteiger partial charge in [0, 0.05) is 12.5 Å². The first-order chi connectivity index (χ1) is 8.58. The van der Waals surface area contributed by atoms with Crippen molar-refractivity contribution in [2.24, 2.45) is 5.92 Å². The zero-order valence-electron chi connectivity index (χ0n) is 11.3. The fourth-order valence-corrected chi connectivity index (χ4v) is 2.51. The summed E-state index contributed by atoms with van der Waals surface area (Å²) in [5.41, 5.74) is 0.427. The van der Waals surface area contributed by atoms with E-state index in [1.54, 1.807) is 0 Å². The van der Waals surface area contributed by atoms with Crippen molar-refractivity contribution >= 4 is 0 Å². The zero-order chi connectivity index (χ0) is 13.0. The highest BCUT2D eigenvalue weighted by Gasteiger charge is 2.36. The summed E-state index contributed by atoms with van der Waals surface area (Å²) in [6.07, 6.45) is 1.05. The Labute approximate surface area is 109 Å². The lowest BCUT2D eigenvalue weighted by atomic mass is 9.89. The Hall–Kier alpha value is -0.900. The van der Waals surface area contributed by atoms with E-state index in [0.717, 1.165) is 25.1 Å². The van der Waals surface area contributed by atoms with Crippen LogP contribution in [0.5, 0.6) is 0 Å². The van der Waals surface area contributed by atoms with Crippen LogP contribution >= 0.6 is 0 Å². The van der Waals surface area contributed by atoms with E-state index in [1.165, 1.54) is 0 Å². The number of hydrogen-bond donors (Lipinski definition) is 1. The van der Waals surface area contributed by atoms with Crippen LogP contribution in [0.4, 0.5) is 0 Å². The van der Waals surface area contributed by atoms with Crippen molar-refractivity contribution in [3.63, 3.8) is 0 Å². The second-order valence-corrected chi connectivity index (χ2v) is 5.58. The lowest BCUT2D eigenvalue weighted by molar-refractivity contribution is -0.0734. The van der Waals surface area contributed by atoms with Crippen molar-refractivity contribution in [1.82, 2.24) is 4.90 Å². The molecule has 1 heterocycles. The first-order valence-electron chi connectivity index (χ1n) is 6.60. The molecule has 1 saturated heterocycles. The topological polar surface area (TPSA) is 32.7 Å². The SMILES string of the molecule is CN1CCC(C(C)(O)COCc2ccccc2)C1. The van der Waals surface area contributed by atoms with Crippen molar-refractivity contribution in [2.45, 2.75) is 25.6 Å². The first kappa shape index (κ1) is 13.5. The van der Waals surface area contributed by atoms with Crippen molar-refractivity contribution in [1.29, 1.82) is 0 Å². The highest BCUT2D eigenvalue weighted by molar-refractivity contribution is 5.13. The highest BCUT2D eigenvalue weighted by Crippen LogP contribution is 2.27. The molecule has 0 spiro atoms. The molecule has 3 nitrogen and oxygen atoms in total. The van der Waals surface area contributed by atoms with Crippen molar-refractivity contribution in [3.05, 3.63) is 35.9 Å². The fraction of sp³-hybridized carbons (Fsp3) is 0.600. The number of benzene rings is 1.